The summed E-state index contributed by atoms with van der Waals surface area (Å²) in [6.45, 7) is 0. The molecule has 3 heterocycles. The summed E-state index contributed by atoms with van der Waals surface area (Å²) in [6.07, 6.45) is 0. The summed E-state index contributed by atoms with van der Waals surface area (Å²) in [4.78, 5) is 0.675. The maximum atomic E-state index is 15.7. The molecule has 3 nitrogen and oxygen atoms in total. The fourth-order valence-electron chi connectivity index (χ4n) is 11.7. The smallest absolute Gasteiger partial charge is 0.207 e. The standard InChI is InChI=1S/C61H41NO2SSi/c63-65(64)57-34-18-14-30-51(57)61(52-31-15-19-35-59(52)66(47-25-9-3-10-26-47,48-27-11-4-12-28-48)60-36-20-16-32-53(60)61)54-40-50-49-29-13-17-33-55(49)62(56(50)41-58(54)65)46-38-44(42-21-5-1-6-22-42)37-45(39-46)43-23-7-2-8-24-43/h1-41H. The first-order valence-corrected chi connectivity index (χ1v) is 26.0. The predicted molar refractivity (Wildman–Crippen MR) is 273 cm³/mol. The van der Waals surface area contributed by atoms with E-state index < -0.39 is 23.3 Å². The Bertz CT molecular complexity index is 3680. The predicted octanol–water partition coefficient (Wildman–Crippen LogP) is 11.3. The zero-order valence-electron chi connectivity index (χ0n) is 35.8. The van der Waals surface area contributed by atoms with Gasteiger partial charge < -0.3 is 4.57 Å². The highest BCUT2D eigenvalue weighted by atomic mass is 32.2. The van der Waals surface area contributed by atoms with Gasteiger partial charge in [-0.15, -0.1) is 0 Å². The van der Waals surface area contributed by atoms with Crippen LogP contribution >= 0.6 is 0 Å². The van der Waals surface area contributed by atoms with Gasteiger partial charge in [0.05, 0.1) is 26.2 Å². The first-order valence-electron chi connectivity index (χ1n) is 22.5. The molecule has 0 saturated heterocycles. The second-order valence-electron chi connectivity index (χ2n) is 17.5. The lowest BCUT2D eigenvalue weighted by molar-refractivity contribution is 0.579. The molecular formula is C61H41NO2SSi. The van der Waals surface area contributed by atoms with Gasteiger partial charge in [0, 0.05) is 16.5 Å². The van der Waals surface area contributed by atoms with Crippen LogP contribution in [0.2, 0.25) is 0 Å². The molecule has 0 radical (unpaired) electrons. The number of rotatable bonds is 5. The number of sulfone groups is 1. The zero-order chi connectivity index (χ0) is 44.0. The number of nitrogens with zero attached hydrogens (tertiary/aromatic N) is 1. The van der Waals surface area contributed by atoms with Crippen molar-refractivity contribution >= 4 is 60.5 Å². The number of para-hydroxylation sites is 1. The maximum Gasteiger partial charge on any atom is 0.207 e. The summed E-state index contributed by atoms with van der Waals surface area (Å²) in [5, 5.41) is 7.15. The third-order valence-corrected chi connectivity index (χ3v) is 21.1. The Morgan fingerprint density at radius 2 is 0.818 bits per heavy atom. The van der Waals surface area contributed by atoms with Crippen molar-refractivity contribution in [3.8, 4) is 27.9 Å². The van der Waals surface area contributed by atoms with Gasteiger partial charge in [-0.1, -0.05) is 206 Å². The Balaban J connectivity index is 1.18. The van der Waals surface area contributed by atoms with Gasteiger partial charge in [-0.2, -0.15) is 0 Å². The van der Waals surface area contributed by atoms with Crippen LogP contribution in [0.4, 0.5) is 0 Å². The van der Waals surface area contributed by atoms with E-state index in [1.54, 1.807) is 0 Å². The third-order valence-electron chi connectivity index (χ3n) is 14.3. The largest absolute Gasteiger partial charge is 0.309 e. The highest BCUT2D eigenvalue weighted by Crippen LogP contribution is 2.56. The highest BCUT2D eigenvalue weighted by molar-refractivity contribution is 7.91. The van der Waals surface area contributed by atoms with Crippen molar-refractivity contribution in [3.63, 3.8) is 0 Å². The molecule has 13 rings (SSSR count). The molecule has 0 fully saturated rings. The minimum atomic E-state index is -4.05. The van der Waals surface area contributed by atoms with E-state index in [2.05, 4.69) is 217 Å². The van der Waals surface area contributed by atoms with Crippen LogP contribution in [-0.4, -0.2) is 21.1 Å². The second-order valence-corrected chi connectivity index (χ2v) is 23.2. The molecule has 0 N–H and O–H groups in total. The van der Waals surface area contributed by atoms with E-state index in [-0.39, 0.29) is 0 Å². The van der Waals surface area contributed by atoms with Crippen LogP contribution in [0.15, 0.2) is 259 Å². The number of benzene rings is 10. The fourth-order valence-corrected chi connectivity index (χ4v) is 18.8. The summed E-state index contributed by atoms with van der Waals surface area (Å²) in [6, 6.07) is 88.1. The van der Waals surface area contributed by atoms with Crippen LogP contribution in [0, 0.1) is 0 Å². The first kappa shape index (κ1) is 38.6. The number of fused-ring (bicyclic) bond motifs is 11. The monoisotopic (exact) mass is 879 g/mol. The van der Waals surface area contributed by atoms with Gasteiger partial charge in [0.15, 0.2) is 8.07 Å². The SMILES string of the molecule is O=S1(=O)c2ccccc2C2(c3ccccc3[Si](c3ccccc3)(c3ccccc3)c3ccccc32)c2cc3c4ccccc4n(-c4cc(-c5ccccc5)cc(-c5ccccc5)c4)c3cc21. The normalized spacial score (nSPS) is 14.8. The molecule has 11 aromatic rings. The molecule has 5 heteroatoms. The van der Waals surface area contributed by atoms with Crippen molar-refractivity contribution in [1.29, 1.82) is 0 Å². The Morgan fingerprint density at radius 3 is 1.39 bits per heavy atom. The Labute approximate surface area is 385 Å². The molecule has 0 aliphatic carbocycles. The minimum absolute atomic E-state index is 0.332. The summed E-state index contributed by atoms with van der Waals surface area (Å²) >= 11 is 0. The van der Waals surface area contributed by atoms with E-state index in [0.717, 1.165) is 72.0 Å². The van der Waals surface area contributed by atoms with Gasteiger partial charge in [0.2, 0.25) is 9.84 Å². The van der Waals surface area contributed by atoms with Crippen LogP contribution in [0.25, 0.3) is 49.7 Å². The average molecular weight is 880 g/mol. The molecule has 10 aromatic carbocycles. The third kappa shape index (κ3) is 5.27. The summed E-state index contributed by atoms with van der Waals surface area (Å²) < 4.78 is 33.7. The van der Waals surface area contributed by atoms with Crippen molar-refractivity contribution in [1.82, 2.24) is 4.57 Å². The molecule has 1 aromatic heterocycles. The van der Waals surface area contributed by atoms with Gasteiger partial charge in [0.25, 0.3) is 0 Å². The lowest BCUT2D eigenvalue weighted by atomic mass is 9.64. The molecular weight excluding hydrogens is 839 g/mol. The van der Waals surface area contributed by atoms with E-state index in [1.165, 1.54) is 20.7 Å². The van der Waals surface area contributed by atoms with Gasteiger partial charge in [-0.05, 0) is 108 Å². The average Bonchev–Trinajstić information content (AvgIpc) is 3.72. The molecule has 0 atom stereocenters. The molecule has 0 amide bonds. The van der Waals surface area contributed by atoms with Crippen LogP contribution < -0.4 is 20.7 Å². The van der Waals surface area contributed by atoms with Gasteiger partial charge in [0.1, 0.15) is 0 Å². The molecule has 0 unspecified atom stereocenters. The van der Waals surface area contributed by atoms with Crippen molar-refractivity contribution in [2.45, 2.75) is 15.2 Å². The van der Waals surface area contributed by atoms with Crippen LogP contribution in [0.3, 0.4) is 0 Å². The molecule has 0 saturated carbocycles. The Morgan fingerprint density at radius 1 is 0.348 bits per heavy atom. The molecule has 0 bridgehead atoms. The molecule has 2 aliphatic heterocycles. The van der Waals surface area contributed by atoms with E-state index >= 15 is 8.42 Å². The summed E-state index contributed by atoms with van der Waals surface area (Å²) in [5.41, 5.74) is 10.0. The second kappa shape index (κ2) is 14.6. The maximum absolute atomic E-state index is 15.7. The number of hydrogen-bond donors (Lipinski definition) is 0. The van der Waals surface area contributed by atoms with Crippen molar-refractivity contribution < 1.29 is 8.42 Å². The van der Waals surface area contributed by atoms with E-state index in [9.17, 15) is 0 Å². The van der Waals surface area contributed by atoms with Crippen molar-refractivity contribution in [2.24, 2.45) is 0 Å². The molecule has 312 valence electrons. The van der Waals surface area contributed by atoms with E-state index in [0.29, 0.717) is 9.79 Å². The van der Waals surface area contributed by atoms with Crippen LogP contribution in [-0.2, 0) is 15.3 Å². The number of hydrogen-bond acceptors (Lipinski definition) is 2. The van der Waals surface area contributed by atoms with Crippen molar-refractivity contribution in [2.75, 3.05) is 0 Å². The molecule has 2 aliphatic rings. The Kier molecular flexibility index (Phi) is 8.54. The van der Waals surface area contributed by atoms with Crippen LogP contribution in [0.1, 0.15) is 22.3 Å². The lowest BCUT2D eigenvalue weighted by Gasteiger charge is -2.51. The van der Waals surface area contributed by atoms with Gasteiger partial charge >= 0.3 is 0 Å². The van der Waals surface area contributed by atoms with E-state index in [4.69, 9.17) is 0 Å². The van der Waals surface area contributed by atoms with Crippen molar-refractivity contribution in [3.05, 3.63) is 271 Å². The summed E-state index contributed by atoms with van der Waals surface area (Å²) in [7, 11) is -7.07. The number of aromatic nitrogens is 1. The first-order chi connectivity index (χ1) is 32.5. The van der Waals surface area contributed by atoms with Crippen LogP contribution in [0.5, 0.6) is 0 Å². The molecule has 66 heavy (non-hydrogen) atoms. The zero-order valence-corrected chi connectivity index (χ0v) is 37.7. The minimum Gasteiger partial charge on any atom is -0.309 e. The lowest BCUT2D eigenvalue weighted by Crippen LogP contribution is -2.79. The van der Waals surface area contributed by atoms with Gasteiger partial charge in [-0.25, -0.2) is 8.42 Å². The quantitative estimate of drug-likeness (QED) is 0.162. The fraction of sp³-hybridized carbons (Fsp3) is 0.0164. The topological polar surface area (TPSA) is 39.1 Å². The summed E-state index contributed by atoms with van der Waals surface area (Å²) in [5.74, 6) is 0. The highest BCUT2D eigenvalue weighted by Gasteiger charge is 2.58. The molecule has 1 spiro atoms. The Hall–Kier alpha value is -7.83. The van der Waals surface area contributed by atoms with E-state index in [1.807, 2.05) is 36.4 Å². The van der Waals surface area contributed by atoms with Gasteiger partial charge in [-0.3, -0.25) is 0 Å².